The number of quaternary nitrogens is 1. The molecule has 0 aromatic carbocycles. The van der Waals surface area contributed by atoms with Gasteiger partial charge in [0.05, 0.1) is 21.1 Å². The maximum atomic E-state index is 9.19. The first-order chi connectivity index (χ1) is 3.85. The first-order valence-corrected chi connectivity index (χ1v) is 3.03. The van der Waals surface area contributed by atoms with Crippen molar-refractivity contribution in [3.8, 4) is 0 Å². The molecule has 0 rings (SSSR count). The minimum absolute atomic E-state index is 0.373. The van der Waals surface area contributed by atoms with E-state index in [4.69, 9.17) is 5.11 Å². The maximum Gasteiger partial charge on any atom is 0.216 e. The molecule has 0 saturated carbocycles. The van der Waals surface area contributed by atoms with Crippen LogP contribution in [0.5, 0.6) is 0 Å². The first kappa shape index (κ1) is 8.88. The molecule has 0 aromatic heterocycles. The van der Waals surface area contributed by atoms with Crippen LogP contribution in [0.15, 0.2) is 0 Å². The number of rotatable bonds is 2. The second-order valence-corrected chi connectivity index (χ2v) is 3.27. The van der Waals surface area contributed by atoms with Crippen LogP contribution in [0, 0.1) is 0 Å². The number of nitrogens with zero attached hydrogens (tertiary/aromatic N) is 1. The first-order valence-electron chi connectivity index (χ1n) is 3.03. The largest absolute Gasteiger partial charge is 0.384 e. The molecule has 3 heteroatoms. The minimum atomic E-state index is -0.690. The molecule has 1 unspecified atom stereocenters. The number of aliphatic hydroxyl groups is 2. The van der Waals surface area contributed by atoms with Gasteiger partial charge in [-0.25, -0.2) is 0 Å². The fourth-order valence-corrected chi connectivity index (χ4v) is 0.647. The van der Waals surface area contributed by atoms with Crippen LogP contribution in [-0.4, -0.2) is 48.2 Å². The molecule has 0 aliphatic heterocycles. The van der Waals surface area contributed by atoms with Crippen molar-refractivity contribution < 1.29 is 14.7 Å². The van der Waals surface area contributed by atoms with Gasteiger partial charge >= 0.3 is 0 Å². The molecule has 0 amide bonds. The summed E-state index contributed by atoms with van der Waals surface area (Å²) in [6.07, 6.45) is -1.35. The topological polar surface area (TPSA) is 40.5 Å². The van der Waals surface area contributed by atoms with Crippen LogP contribution in [0.25, 0.3) is 0 Å². The summed E-state index contributed by atoms with van der Waals surface area (Å²) in [5.74, 6) is 0. The zero-order chi connectivity index (χ0) is 7.65. The highest BCUT2D eigenvalue weighted by atomic mass is 16.3. The summed E-state index contributed by atoms with van der Waals surface area (Å²) in [7, 11) is 5.49. The molecule has 0 saturated heterocycles. The highest BCUT2D eigenvalue weighted by Crippen LogP contribution is 2.02. The van der Waals surface area contributed by atoms with E-state index in [1.165, 1.54) is 0 Å². The molecule has 9 heavy (non-hydrogen) atoms. The van der Waals surface area contributed by atoms with Crippen molar-refractivity contribution >= 4 is 0 Å². The van der Waals surface area contributed by atoms with Crippen molar-refractivity contribution in [2.24, 2.45) is 0 Å². The van der Waals surface area contributed by atoms with Crippen molar-refractivity contribution in [1.82, 2.24) is 0 Å². The van der Waals surface area contributed by atoms with Gasteiger partial charge in [-0.1, -0.05) is 0 Å². The standard InChI is InChI=1S/C6H16NO2/c1-5(8)6(9)7(2,3)4/h5-6,8-9H,1-4H3/q+1/t5-,6?/m0/s1. The van der Waals surface area contributed by atoms with Crippen molar-refractivity contribution in [2.45, 2.75) is 19.3 Å². The van der Waals surface area contributed by atoms with Gasteiger partial charge in [-0.3, -0.25) is 0 Å². The molecule has 56 valence electrons. The van der Waals surface area contributed by atoms with Crippen molar-refractivity contribution in [1.29, 1.82) is 0 Å². The van der Waals surface area contributed by atoms with E-state index in [-0.39, 0.29) is 0 Å². The predicted octanol–water partition coefficient (Wildman–Crippen LogP) is -0.608. The summed E-state index contributed by atoms with van der Waals surface area (Å²) >= 11 is 0. The third kappa shape index (κ3) is 2.79. The average molecular weight is 134 g/mol. The molecular weight excluding hydrogens is 118 g/mol. The Bertz CT molecular complexity index is 85.5. The highest BCUT2D eigenvalue weighted by Gasteiger charge is 2.24. The van der Waals surface area contributed by atoms with Gasteiger partial charge in [0.25, 0.3) is 0 Å². The van der Waals surface area contributed by atoms with Crippen molar-refractivity contribution in [3.63, 3.8) is 0 Å². The molecule has 0 heterocycles. The lowest BCUT2D eigenvalue weighted by atomic mass is 10.3. The van der Waals surface area contributed by atoms with Gasteiger partial charge in [-0.05, 0) is 6.92 Å². The van der Waals surface area contributed by atoms with E-state index in [9.17, 15) is 5.11 Å². The van der Waals surface area contributed by atoms with Crippen LogP contribution in [0.1, 0.15) is 6.92 Å². The fourth-order valence-electron chi connectivity index (χ4n) is 0.647. The van der Waals surface area contributed by atoms with E-state index >= 15 is 0 Å². The molecule has 0 aromatic rings. The van der Waals surface area contributed by atoms with E-state index in [2.05, 4.69) is 0 Å². The molecule has 0 radical (unpaired) electrons. The summed E-state index contributed by atoms with van der Waals surface area (Å²) in [6.45, 7) is 1.58. The fraction of sp³-hybridized carbons (Fsp3) is 1.00. The SMILES string of the molecule is C[C@H](O)C(O)[N+](C)(C)C. The monoisotopic (exact) mass is 134 g/mol. The molecule has 0 aliphatic carbocycles. The van der Waals surface area contributed by atoms with Gasteiger partial charge in [0.1, 0.15) is 6.10 Å². The predicted molar refractivity (Wildman–Crippen MR) is 35.7 cm³/mol. The lowest BCUT2D eigenvalue weighted by Crippen LogP contribution is -2.50. The number of hydrogen-bond donors (Lipinski definition) is 2. The molecular formula is C6H16NO2+. The summed E-state index contributed by atoms with van der Waals surface area (Å²) in [5, 5.41) is 18.1. The van der Waals surface area contributed by atoms with Crippen LogP contribution in [0.4, 0.5) is 0 Å². The normalized spacial score (nSPS) is 19.3. The smallest absolute Gasteiger partial charge is 0.216 e. The third-order valence-corrected chi connectivity index (χ3v) is 1.23. The van der Waals surface area contributed by atoms with Crippen molar-refractivity contribution in [2.75, 3.05) is 21.1 Å². The Morgan fingerprint density at radius 3 is 1.44 bits per heavy atom. The lowest BCUT2D eigenvalue weighted by Gasteiger charge is -2.31. The molecule has 0 bridgehead atoms. The molecule has 0 fully saturated rings. The number of likely N-dealkylation sites (N-methyl/N-ethyl adjacent to an activating group) is 1. The minimum Gasteiger partial charge on any atom is -0.384 e. The summed E-state index contributed by atoms with van der Waals surface area (Å²) in [4.78, 5) is 0. The molecule has 2 N–H and O–H groups in total. The number of aliphatic hydroxyl groups excluding tert-OH is 2. The highest BCUT2D eigenvalue weighted by molar-refractivity contribution is 4.47. The second-order valence-electron chi connectivity index (χ2n) is 3.27. The van der Waals surface area contributed by atoms with Crippen LogP contribution >= 0.6 is 0 Å². The van der Waals surface area contributed by atoms with E-state index in [1.807, 2.05) is 21.1 Å². The average Bonchev–Trinajstić information content (AvgIpc) is 1.62. The number of hydrogen-bond acceptors (Lipinski definition) is 2. The third-order valence-electron chi connectivity index (χ3n) is 1.23. The Morgan fingerprint density at radius 1 is 1.11 bits per heavy atom. The lowest BCUT2D eigenvalue weighted by molar-refractivity contribution is -0.922. The Balaban J connectivity index is 3.88. The molecule has 2 atom stereocenters. The van der Waals surface area contributed by atoms with Gasteiger partial charge < -0.3 is 14.7 Å². The summed E-state index contributed by atoms with van der Waals surface area (Å²) in [6, 6.07) is 0. The zero-order valence-corrected chi connectivity index (χ0v) is 6.50. The summed E-state index contributed by atoms with van der Waals surface area (Å²) in [5.41, 5.74) is 0. The van der Waals surface area contributed by atoms with Gasteiger partial charge in [-0.15, -0.1) is 0 Å². The van der Waals surface area contributed by atoms with Gasteiger partial charge in [0.15, 0.2) is 0 Å². The molecule has 3 nitrogen and oxygen atoms in total. The van der Waals surface area contributed by atoms with Gasteiger partial charge in [0.2, 0.25) is 6.23 Å². The van der Waals surface area contributed by atoms with Crippen LogP contribution in [0.2, 0.25) is 0 Å². The van der Waals surface area contributed by atoms with Crippen LogP contribution in [-0.2, 0) is 0 Å². The second kappa shape index (κ2) is 2.64. The van der Waals surface area contributed by atoms with E-state index in [0.29, 0.717) is 4.48 Å². The van der Waals surface area contributed by atoms with E-state index < -0.39 is 12.3 Å². The van der Waals surface area contributed by atoms with Crippen LogP contribution < -0.4 is 0 Å². The van der Waals surface area contributed by atoms with Crippen LogP contribution in [0.3, 0.4) is 0 Å². The Morgan fingerprint density at radius 2 is 1.44 bits per heavy atom. The van der Waals surface area contributed by atoms with E-state index in [1.54, 1.807) is 6.92 Å². The Kier molecular flexibility index (Phi) is 2.61. The maximum absolute atomic E-state index is 9.19. The van der Waals surface area contributed by atoms with E-state index in [0.717, 1.165) is 0 Å². The van der Waals surface area contributed by atoms with Gasteiger partial charge in [-0.2, -0.15) is 0 Å². The quantitative estimate of drug-likeness (QED) is 0.391. The molecule has 0 aliphatic rings. The Hall–Kier alpha value is -0.120. The van der Waals surface area contributed by atoms with Gasteiger partial charge in [0, 0.05) is 0 Å². The molecule has 0 spiro atoms. The Labute approximate surface area is 56.1 Å². The zero-order valence-electron chi connectivity index (χ0n) is 6.50. The van der Waals surface area contributed by atoms with Crippen molar-refractivity contribution in [3.05, 3.63) is 0 Å². The summed E-state index contributed by atoms with van der Waals surface area (Å²) < 4.78 is 0.373.